The molecule has 0 bridgehead atoms. The van der Waals surface area contributed by atoms with Crippen LogP contribution in [-0.2, 0) is 0 Å². The van der Waals surface area contributed by atoms with Gasteiger partial charge in [-0.15, -0.1) is 0 Å². The van der Waals surface area contributed by atoms with Crippen LogP contribution in [0.1, 0.15) is 16.7 Å². The molecule has 0 saturated carbocycles. The summed E-state index contributed by atoms with van der Waals surface area (Å²) < 4.78 is 2.36. The van der Waals surface area contributed by atoms with Gasteiger partial charge in [-0.3, -0.25) is 0 Å². The van der Waals surface area contributed by atoms with E-state index in [2.05, 4.69) is 174 Å². The number of nitrogens with one attached hydrogen (secondary N) is 1. The highest BCUT2D eigenvalue weighted by Crippen LogP contribution is 2.37. The van der Waals surface area contributed by atoms with Crippen LogP contribution in [0, 0.1) is 5.41 Å². The lowest BCUT2D eigenvalue weighted by Crippen LogP contribution is -1.98. The molecule has 10 aromatic rings. The van der Waals surface area contributed by atoms with E-state index in [9.17, 15) is 0 Å². The zero-order valence-corrected chi connectivity index (χ0v) is 31.2. The van der Waals surface area contributed by atoms with E-state index < -0.39 is 0 Å². The maximum Gasteiger partial charge on any atom is 0.0716 e. The highest BCUT2D eigenvalue weighted by atomic mass is 15.0. The summed E-state index contributed by atoms with van der Waals surface area (Å²) in [5, 5.41) is 13.9. The first kappa shape index (κ1) is 33.9. The number of allylic oxidation sites excluding steroid dienone is 1. The van der Waals surface area contributed by atoms with Crippen molar-refractivity contribution in [3.8, 4) is 39.3 Å². The highest BCUT2D eigenvalue weighted by Gasteiger charge is 2.16. The summed E-state index contributed by atoms with van der Waals surface area (Å²) in [5.74, 6) is 0. The Balaban J connectivity index is 1.14. The topological polar surface area (TPSA) is 41.7 Å². The molecule has 3 nitrogen and oxygen atoms in total. The van der Waals surface area contributed by atoms with E-state index in [-0.39, 0.29) is 0 Å². The molecular weight excluding hydrogens is 691 g/mol. The molecule has 0 amide bonds. The van der Waals surface area contributed by atoms with E-state index in [4.69, 9.17) is 10.4 Å². The molecule has 0 saturated heterocycles. The first-order chi connectivity index (χ1) is 28.2. The molecule has 3 heteroatoms. The van der Waals surface area contributed by atoms with Crippen molar-refractivity contribution in [3.63, 3.8) is 0 Å². The Labute approximate surface area is 332 Å². The Hall–Kier alpha value is -7.62. The van der Waals surface area contributed by atoms with Crippen molar-refractivity contribution in [3.05, 3.63) is 235 Å². The number of benzene rings is 8. The van der Waals surface area contributed by atoms with Gasteiger partial charge in [-0.1, -0.05) is 170 Å². The second-order valence-corrected chi connectivity index (χ2v) is 14.4. The Morgan fingerprint density at radius 3 is 1.70 bits per heavy atom. The summed E-state index contributed by atoms with van der Waals surface area (Å²) in [4.78, 5) is 5.31. The van der Waals surface area contributed by atoms with Gasteiger partial charge in [0.05, 0.1) is 28.1 Å². The molecule has 2 heterocycles. The molecule has 1 N–H and O–H groups in total. The maximum absolute atomic E-state index is 9.11. The third kappa shape index (κ3) is 6.41. The van der Waals surface area contributed by atoms with Crippen molar-refractivity contribution in [2.24, 2.45) is 0 Å². The molecule has 0 unspecified atom stereocenters. The zero-order chi connectivity index (χ0) is 38.1. The average Bonchev–Trinajstić information content (AvgIpc) is 3.63. The van der Waals surface area contributed by atoms with Gasteiger partial charge in [0.1, 0.15) is 0 Å². The number of hydrogen-bond acceptors (Lipinski definition) is 2. The van der Waals surface area contributed by atoms with Gasteiger partial charge in [-0.05, 0) is 92.7 Å². The summed E-state index contributed by atoms with van der Waals surface area (Å²) in [5.41, 5.74) is 14.1. The molecule has 0 aliphatic carbocycles. The minimum atomic E-state index is 0.469. The molecule has 57 heavy (non-hydrogen) atoms. The number of pyridine rings is 1. The van der Waals surface area contributed by atoms with E-state index in [1.165, 1.54) is 21.8 Å². The summed E-state index contributed by atoms with van der Waals surface area (Å²) in [6.45, 7) is 0. The van der Waals surface area contributed by atoms with Crippen molar-refractivity contribution in [1.82, 2.24) is 9.55 Å². The quantitative estimate of drug-likeness (QED) is 0.156. The van der Waals surface area contributed by atoms with Crippen LogP contribution in [-0.4, -0.2) is 15.3 Å². The molecule has 268 valence electrons. The normalized spacial score (nSPS) is 11.7. The van der Waals surface area contributed by atoms with E-state index in [1.54, 1.807) is 0 Å². The lowest BCUT2D eigenvalue weighted by atomic mass is 9.89. The van der Waals surface area contributed by atoms with Crippen molar-refractivity contribution in [2.75, 3.05) is 0 Å². The van der Waals surface area contributed by atoms with Crippen LogP contribution >= 0.6 is 0 Å². The van der Waals surface area contributed by atoms with Crippen molar-refractivity contribution >= 4 is 43.9 Å². The van der Waals surface area contributed by atoms with Gasteiger partial charge >= 0.3 is 0 Å². The molecule has 2 aromatic heterocycles. The smallest absolute Gasteiger partial charge is 0.0716 e. The van der Waals surface area contributed by atoms with E-state index in [0.29, 0.717) is 5.71 Å². The van der Waals surface area contributed by atoms with Crippen LogP contribution in [0.25, 0.3) is 77.5 Å². The lowest BCUT2D eigenvalue weighted by Gasteiger charge is -2.15. The van der Waals surface area contributed by atoms with Gasteiger partial charge in [-0.2, -0.15) is 0 Å². The number of para-hydroxylation sites is 2. The first-order valence-electron chi connectivity index (χ1n) is 19.3. The van der Waals surface area contributed by atoms with Crippen molar-refractivity contribution in [2.45, 2.75) is 0 Å². The lowest BCUT2D eigenvalue weighted by molar-refractivity contribution is 1.18. The number of nitrogens with zero attached hydrogens (tertiary/aromatic N) is 2. The van der Waals surface area contributed by atoms with Crippen LogP contribution in [0.5, 0.6) is 0 Å². The predicted octanol–water partition coefficient (Wildman–Crippen LogP) is 13.8. The second-order valence-electron chi connectivity index (χ2n) is 14.4. The van der Waals surface area contributed by atoms with Crippen LogP contribution in [0.15, 0.2) is 218 Å². The SMILES string of the molecule is N=C(/C=C(/c1ccccc1)c1cccc2ccc(-c3cc(-c4ccccc4)nc(-c4cccc(-n5c6ccccc6c6ccccc65)c4)c3)cc12)c1ccccc1. The molecule has 0 radical (unpaired) electrons. The van der Waals surface area contributed by atoms with E-state index in [0.717, 1.165) is 72.4 Å². The molecule has 10 rings (SSSR count). The number of aromatic nitrogens is 2. The van der Waals surface area contributed by atoms with Gasteiger partial charge in [0, 0.05) is 27.6 Å². The summed E-state index contributed by atoms with van der Waals surface area (Å²) in [6, 6.07) is 74.4. The third-order valence-corrected chi connectivity index (χ3v) is 10.8. The van der Waals surface area contributed by atoms with Crippen molar-refractivity contribution < 1.29 is 0 Å². The van der Waals surface area contributed by atoms with E-state index in [1.807, 2.05) is 48.5 Å². The molecule has 0 fully saturated rings. The third-order valence-electron chi connectivity index (χ3n) is 10.8. The largest absolute Gasteiger partial charge is 0.309 e. The summed E-state index contributed by atoms with van der Waals surface area (Å²) in [6.07, 6.45) is 2.01. The summed E-state index contributed by atoms with van der Waals surface area (Å²) in [7, 11) is 0. The van der Waals surface area contributed by atoms with Gasteiger partial charge in [-0.25, -0.2) is 4.98 Å². The molecule has 0 aliphatic rings. The highest BCUT2D eigenvalue weighted by molar-refractivity contribution is 6.14. The maximum atomic E-state index is 9.11. The minimum Gasteiger partial charge on any atom is -0.309 e. The zero-order valence-electron chi connectivity index (χ0n) is 31.2. The Kier molecular flexibility index (Phi) is 8.66. The average molecular weight is 728 g/mol. The predicted molar refractivity (Wildman–Crippen MR) is 239 cm³/mol. The number of hydrogen-bond donors (Lipinski definition) is 1. The first-order valence-corrected chi connectivity index (χ1v) is 19.3. The molecule has 0 spiro atoms. The molecule has 8 aromatic carbocycles. The van der Waals surface area contributed by atoms with Gasteiger partial charge in [0.25, 0.3) is 0 Å². The monoisotopic (exact) mass is 727 g/mol. The molecular formula is C54H37N3. The van der Waals surface area contributed by atoms with E-state index >= 15 is 0 Å². The van der Waals surface area contributed by atoms with Gasteiger partial charge in [0.2, 0.25) is 0 Å². The summed E-state index contributed by atoms with van der Waals surface area (Å²) >= 11 is 0. The van der Waals surface area contributed by atoms with Crippen molar-refractivity contribution in [1.29, 1.82) is 5.41 Å². The molecule has 0 atom stereocenters. The van der Waals surface area contributed by atoms with Crippen LogP contribution in [0.3, 0.4) is 0 Å². The fourth-order valence-electron chi connectivity index (χ4n) is 8.07. The minimum absolute atomic E-state index is 0.469. The van der Waals surface area contributed by atoms with Crippen LogP contribution < -0.4 is 0 Å². The second kappa shape index (κ2) is 14.6. The Bertz CT molecular complexity index is 3070. The standard InChI is InChI=1S/C54H37N3/c55-50(39-18-6-2-7-19-39)36-49(37-16-4-1-5-17-37)45-27-15-22-38-30-31-41(33-48(38)45)43-34-51(40-20-8-3-9-21-40)56-52(35-43)42-23-14-24-44(32-42)57-53-28-12-10-25-46(53)47-26-11-13-29-54(47)57/h1-36,55H/b49-36-,55-50?. The fraction of sp³-hybridized carbons (Fsp3) is 0. The van der Waals surface area contributed by atoms with Gasteiger partial charge in [0.15, 0.2) is 0 Å². The Morgan fingerprint density at radius 1 is 0.421 bits per heavy atom. The number of rotatable bonds is 8. The van der Waals surface area contributed by atoms with Gasteiger partial charge < -0.3 is 9.98 Å². The molecule has 0 aliphatic heterocycles. The van der Waals surface area contributed by atoms with Crippen LogP contribution in [0.2, 0.25) is 0 Å². The van der Waals surface area contributed by atoms with Crippen LogP contribution in [0.4, 0.5) is 0 Å². The fourth-order valence-corrected chi connectivity index (χ4v) is 8.07. The Morgan fingerprint density at radius 2 is 1.00 bits per heavy atom. The number of fused-ring (bicyclic) bond motifs is 4.